The molecule has 1 aliphatic rings. The van der Waals surface area contributed by atoms with E-state index in [1.54, 1.807) is 0 Å². The van der Waals surface area contributed by atoms with E-state index in [0.717, 1.165) is 17.7 Å². The van der Waals surface area contributed by atoms with Crippen molar-refractivity contribution < 1.29 is 37.3 Å². The van der Waals surface area contributed by atoms with Gasteiger partial charge in [0.25, 0.3) is 5.56 Å². The van der Waals surface area contributed by atoms with Gasteiger partial charge in [-0.05, 0) is 4.57 Å². The molecule has 6 atom stereocenters. The van der Waals surface area contributed by atoms with E-state index < -0.39 is 57.1 Å². The molecule has 12 nitrogen and oxygen atoms in total. The van der Waals surface area contributed by atoms with E-state index in [2.05, 4.69) is 21.8 Å². The van der Waals surface area contributed by atoms with Crippen molar-refractivity contribution >= 4 is 27.1 Å². The molecule has 0 saturated carbocycles. The number of thiol groups is 1. The van der Waals surface area contributed by atoms with Crippen LogP contribution >= 0.6 is 27.1 Å². The Kier molecular flexibility index (Phi) is 7.31. The molecule has 1 saturated heterocycles. The third-order valence-corrected chi connectivity index (χ3v) is 5.20. The summed E-state index contributed by atoms with van der Waals surface area (Å²) in [5, 5.41) is 0. The molecule has 1 aromatic heterocycles. The van der Waals surface area contributed by atoms with Crippen LogP contribution in [0.1, 0.15) is 6.23 Å². The number of rotatable bonds is 8. The fourth-order valence-corrected chi connectivity index (χ4v) is 3.47. The van der Waals surface area contributed by atoms with E-state index in [9.17, 15) is 23.6 Å². The summed E-state index contributed by atoms with van der Waals surface area (Å²) < 4.78 is 49.5. The maximum Gasteiger partial charge on any atom is 0.582 e. The Bertz CT molecular complexity index is 813. The highest BCUT2D eigenvalue weighted by molar-refractivity contribution is 8.39. The van der Waals surface area contributed by atoms with Crippen LogP contribution in [-0.2, 0) is 32.4 Å². The van der Waals surface area contributed by atoms with Crippen molar-refractivity contribution in [1.29, 1.82) is 0 Å². The lowest BCUT2D eigenvalue weighted by molar-refractivity contribution is -0.164. The number of nitrogens with zero attached hydrogens (tertiary/aromatic N) is 1. The second-order valence-corrected chi connectivity index (χ2v) is 8.60. The monoisotopic (exact) mass is 431 g/mol. The Morgan fingerprint density at radius 1 is 1.42 bits per heavy atom. The summed E-state index contributed by atoms with van der Waals surface area (Å²) in [7, 11) is -4.13. The van der Waals surface area contributed by atoms with Crippen LogP contribution < -0.4 is 11.2 Å². The molecule has 1 aromatic rings. The van der Waals surface area contributed by atoms with Gasteiger partial charge in [0.05, 0.1) is 0 Å². The van der Waals surface area contributed by atoms with Crippen molar-refractivity contribution in [2.45, 2.75) is 24.7 Å². The largest absolute Gasteiger partial charge is 0.582 e. The minimum Gasteiger partial charge on any atom is -0.374 e. The number of H-pyrrole nitrogens is 1. The van der Waals surface area contributed by atoms with Gasteiger partial charge in [-0.1, -0.05) is 0 Å². The fourth-order valence-electron chi connectivity index (χ4n) is 2.28. The fraction of sp³-hybridized carbons (Fsp3) is 0.636. The predicted octanol–water partition coefficient (Wildman–Crippen LogP) is 0.185. The molecule has 1 aliphatic heterocycles. The van der Waals surface area contributed by atoms with Crippen LogP contribution in [-0.4, -0.2) is 53.5 Å². The van der Waals surface area contributed by atoms with Crippen molar-refractivity contribution in [2.75, 3.05) is 20.6 Å². The van der Waals surface area contributed by atoms with Crippen molar-refractivity contribution in [3.8, 4) is 0 Å². The topological polar surface area (TPSA) is 155 Å². The van der Waals surface area contributed by atoms with Gasteiger partial charge >= 0.3 is 20.5 Å². The van der Waals surface area contributed by atoms with Crippen LogP contribution in [0.4, 0.5) is 0 Å². The van der Waals surface area contributed by atoms with Gasteiger partial charge in [0.1, 0.15) is 18.4 Å². The summed E-state index contributed by atoms with van der Waals surface area (Å²) >= 11 is 3.66. The molecule has 0 radical (unpaired) electrons. The van der Waals surface area contributed by atoms with Crippen molar-refractivity contribution in [3.05, 3.63) is 33.1 Å². The first-order valence-corrected chi connectivity index (χ1v) is 11.1. The quantitative estimate of drug-likeness (QED) is 0.383. The molecule has 0 spiro atoms. The highest BCUT2D eigenvalue weighted by atomic mass is 32.7. The van der Waals surface area contributed by atoms with Crippen LogP contribution in [0.5, 0.6) is 0 Å². The minimum atomic E-state index is -4.03. The predicted molar refractivity (Wildman–Crippen MR) is 90.3 cm³/mol. The molecule has 0 amide bonds. The Hall–Kier alpha value is -0.880. The highest BCUT2D eigenvalue weighted by Gasteiger charge is 2.52. The van der Waals surface area contributed by atoms with Gasteiger partial charge in [0, 0.05) is 26.5 Å². The lowest BCUT2D eigenvalue weighted by Gasteiger charge is -2.19. The van der Waals surface area contributed by atoms with Crippen LogP contribution in [0.25, 0.3) is 0 Å². The molecule has 146 valence electrons. The van der Waals surface area contributed by atoms with E-state index in [1.807, 2.05) is 0 Å². The molecule has 2 heterocycles. The number of hydrogen-bond donors (Lipinski definition) is 3. The van der Waals surface area contributed by atoms with E-state index in [4.69, 9.17) is 18.7 Å². The first-order chi connectivity index (χ1) is 12.2. The molecular formula is C11H17N2O10P2S+. The van der Waals surface area contributed by atoms with Gasteiger partial charge in [-0.15, -0.1) is 4.52 Å². The third-order valence-electron chi connectivity index (χ3n) is 3.44. The van der Waals surface area contributed by atoms with Gasteiger partial charge in [0.2, 0.25) is 0 Å². The number of aromatic nitrogens is 2. The van der Waals surface area contributed by atoms with Crippen molar-refractivity contribution in [2.24, 2.45) is 0 Å². The third kappa shape index (κ3) is 5.10. The first-order valence-electron chi connectivity index (χ1n) is 7.00. The van der Waals surface area contributed by atoms with Crippen LogP contribution in [0.3, 0.4) is 0 Å². The van der Waals surface area contributed by atoms with Gasteiger partial charge in [-0.25, -0.2) is 4.79 Å². The Morgan fingerprint density at radius 3 is 2.65 bits per heavy atom. The summed E-state index contributed by atoms with van der Waals surface area (Å²) in [6, 6.07) is 1.09. The van der Waals surface area contributed by atoms with E-state index >= 15 is 0 Å². The molecule has 0 bridgehead atoms. The summed E-state index contributed by atoms with van der Waals surface area (Å²) in [5.41, 5.74) is -1.40. The minimum absolute atomic E-state index is 0.612. The van der Waals surface area contributed by atoms with Crippen molar-refractivity contribution in [1.82, 2.24) is 9.55 Å². The number of ether oxygens (including phenoxy) is 3. The highest BCUT2D eigenvalue weighted by Crippen LogP contribution is 2.44. The van der Waals surface area contributed by atoms with Crippen LogP contribution in [0, 0.1) is 0 Å². The van der Waals surface area contributed by atoms with Crippen LogP contribution in [0.15, 0.2) is 21.9 Å². The molecular weight excluding hydrogens is 414 g/mol. The summed E-state index contributed by atoms with van der Waals surface area (Å²) in [4.78, 5) is 34.7. The van der Waals surface area contributed by atoms with Gasteiger partial charge in [-0.2, -0.15) is 0 Å². The summed E-state index contributed by atoms with van der Waals surface area (Å²) in [6.45, 7) is 0. The molecule has 15 heteroatoms. The van der Waals surface area contributed by atoms with Gasteiger partial charge < -0.3 is 23.6 Å². The second kappa shape index (κ2) is 8.87. The zero-order chi connectivity index (χ0) is 19.5. The number of nitrogens with one attached hydrogen (secondary N) is 1. The molecule has 2 rings (SSSR count). The molecule has 0 aliphatic carbocycles. The molecule has 1 fully saturated rings. The number of methoxy groups -OCH3 is 1. The summed E-state index contributed by atoms with van der Waals surface area (Å²) in [5.74, 6) is 0. The zero-order valence-corrected chi connectivity index (χ0v) is 16.3. The molecule has 2 N–H and O–H groups in total. The number of hydrogen-bond acceptors (Lipinski definition) is 9. The SMILES string of the molecule is CO[C@H]1C(n2ccc(=O)[nH]c2=O)O[C@H](OCP(=O)(O)OC)[C@H]1O[P+](=O)S. The molecule has 3 unspecified atom stereocenters. The Labute approximate surface area is 152 Å². The average molecular weight is 431 g/mol. The Balaban J connectivity index is 2.32. The second-order valence-electron chi connectivity index (χ2n) is 5.04. The smallest absolute Gasteiger partial charge is 0.374 e. The van der Waals surface area contributed by atoms with E-state index in [0.29, 0.717) is 0 Å². The molecule has 0 aromatic carbocycles. The maximum atomic E-state index is 12.0. The van der Waals surface area contributed by atoms with Crippen LogP contribution in [0.2, 0.25) is 0 Å². The maximum absolute atomic E-state index is 12.0. The Morgan fingerprint density at radius 2 is 2.12 bits per heavy atom. The normalized spacial score (nSPS) is 28.7. The average Bonchev–Trinajstić information content (AvgIpc) is 2.89. The number of aromatic amines is 1. The zero-order valence-electron chi connectivity index (χ0n) is 13.6. The summed E-state index contributed by atoms with van der Waals surface area (Å²) in [6.07, 6.45) is -4.20. The lowest BCUT2D eigenvalue weighted by Crippen LogP contribution is -2.39. The van der Waals surface area contributed by atoms with Gasteiger partial charge in [0.15, 0.2) is 25.0 Å². The van der Waals surface area contributed by atoms with E-state index in [-0.39, 0.29) is 0 Å². The molecule has 26 heavy (non-hydrogen) atoms. The van der Waals surface area contributed by atoms with E-state index in [1.165, 1.54) is 13.3 Å². The lowest BCUT2D eigenvalue weighted by atomic mass is 10.2. The standard InChI is InChI=1S/C11H16N2O10P2S/c1-19-7-8(23-24(16)26)10(21-5-25(17,18)20-2)22-9(7)13-4-3-6(14)12-11(13)15/h3-4,7-10H,5H2,1-2H3,(H2-,12,14,15,16,17,18,26)/p+1/t7-,8+,9?,10+/m1/s1. The first kappa shape index (κ1) is 21.4. The van der Waals surface area contributed by atoms with Crippen molar-refractivity contribution in [3.63, 3.8) is 0 Å². The van der Waals surface area contributed by atoms with Gasteiger partial charge in [-0.3, -0.25) is 18.9 Å².